The molecule has 1 N–H and O–H groups in total. The zero-order valence-electron chi connectivity index (χ0n) is 9.34. The molecule has 0 spiro atoms. The van der Waals surface area contributed by atoms with Crippen LogP contribution in [0.1, 0.15) is 39.5 Å². The number of rotatable bonds is 3. The SMILES string of the molecule is C#CC1CCCC(NCC=C(C)C)C1. The zero-order valence-corrected chi connectivity index (χ0v) is 9.34. The molecule has 1 rings (SSSR count). The van der Waals surface area contributed by atoms with Crippen molar-refractivity contribution >= 4 is 0 Å². The first kappa shape index (κ1) is 11.3. The average Bonchev–Trinajstić information content (AvgIpc) is 2.18. The Morgan fingerprint density at radius 2 is 2.29 bits per heavy atom. The van der Waals surface area contributed by atoms with Crippen LogP contribution in [0.2, 0.25) is 0 Å². The van der Waals surface area contributed by atoms with E-state index in [1.54, 1.807) is 0 Å². The predicted octanol–water partition coefficient (Wildman–Crippen LogP) is 2.73. The van der Waals surface area contributed by atoms with Crippen molar-refractivity contribution in [1.82, 2.24) is 5.32 Å². The maximum atomic E-state index is 5.45. The van der Waals surface area contributed by atoms with Gasteiger partial charge in [-0.1, -0.05) is 18.1 Å². The average molecular weight is 191 g/mol. The van der Waals surface area contributed by atoms with Crippen LogP contribution >= 0.6 is 0 Å². The summed E-state index contributed by atoms with van der Waals surface area (Å²) in [6.45, 7) is 5.25. The maximum Gasteiger partial charge on any atom is 0.0215 e. The molecule has 14 heavy (non-hydrogen) atoms. The Balaban J connectivity index is 2.25. The molecule has 2 atom stereocenters. The standard InChI is InChI=1S/C13H21N/c1-4-12-6-5-7-13(10-12)14-9-8-11(2)3/h1,8,12-14H,5-7,9-10H2,2-3H3. The van der Waals surface area contributed by atoms with Gasteiger partial charge in [-0.15, -0.1) is 12.3 Å². The van der Waals surface area contributed by atoms with Gasteiger partial charge < -0.3 is 5.32 Å². The normalized spacial score (nSPS) is 26.6. The van der Waals surface area contributed by atoms with E-state index in [2.05, 4.69) is 31.2 Å². The topological polar surface area (TPSA) is 12.0 Å². The van der Waals surface area contributed by atoms with Gasteiger partial charge in [0.2, 0.25) is 0 Å². The first-order chi connectivity index (χ1) is 6.72. The van der Waals surface area contributed by atoms with Gasteiger partial charge in [0.1, 0.15) is 0 Å². The van der Waals surface area contributed by atoms with Crippen molar-refractivity contribution < 1.29 is 0 Å². The molecule has 0 amide bonds. The van der Waals surface area contributed by atoms with Crippen LogP contribution in [0.25, 0.3) is 0 Å². The summed E-state index contributed by atoms with van der Waals surface area (Å²) >= 11 is 0. The highest BCUT2D eigenvalue weighted by atomic mass is 14.9. The summed E-state index contributed by atoms with van der Waals surface area (Å²) in [7, 11) is 0. The Labute approximate surface area is 88.0 Å². The molecule has 0 heterocycles. The summed E-state index contributed by atoms with van der Waals surface area (Å²) in [5, 5.41) is 3.55. The minimum absolute atomic E-state index is 0.507. The minimum Gasteiger partial charge on any atom is -0.310 e. The third kappa shape index (κ3) is 3.98. The molecule has 0 aromatic heterocycles. The molecule has 2 unspecified atom stereocenters. The smallest absolute Gasteiger partial charge is 0.0215 e. The summed E-state index contributed by atoms with van der Waals surface area (Å²) in [5.41, 5.74) is 1.38. The largest absolute Gasteiger partial charge is 0.310 e. The van der Waals surface area contributed by atoms with Gasteiger partial charge in [0, 0.05) is 18.5 Å². The second kappa shape index (κ2) is 5.88. The van der Waals surface area contributed by atoms with Crippen LogP contribution < -0.4 is 5.32 Å². The Hall–Kier alpha value is -0.740. The molecular weight excluding hydrogens is 170 g/mol. The summed E-state index contributed by atoms with van der Waals surface area (Å²) in [6, 6.07) is 0.639. The fraction of sp³-hybridized carbons (Fsp3) is 0.692. The van der Waals surface area contributed by atoms with E-state index in [1.807, 2.05) is 0 Å². The zero-order chi connectivity index (χ0) is 10.4. The van der Waals surface area contributed by atoms with Gasteiger partial charge in [0.05, 0.1) is 0 Å². The van der Waals surface area contributed by atoms with Gasteiger partial charge in [0.25, 0.3) is 0 Å². The molecule has 78 valence electrons. The lowest BCUT2D eigenvalue weighted by molar-refractivity contribution is 0.338. The van der Waals surface area contributed by atoms with Crippen LogP contribution in [0.3, 0.4) is 0 Å². The lowest BCUT2D eigenvalue weighted by Crippen LogP contribution is -2.33. The van der Waals surface area contributed by atoms with E-state index in [9.17, 15) is 0 Å². The highest BCUT2D eigenvalue weighted by Gasteiger charge is 2.19. The Kier molecular flexibility index (Phi) is 4.76. The van der Waals surface area contributed by atoms with Crippen molar-refractivity contribution in [3.63, 3.8) is 0 Å². The lowest BCUT2D eigenvalue weighted by Gasteiger charge is -2.26. The molecule has 1 heteroatoms. The highest BCUT2D eigenvalue weighted by molar-refractivity contribution is 4.99. The Bertz CT molecular complexity index is 230. The van der Waals surface area contributed by atoms with Crippen LogP contribution in [-0.2, 0) is 0 Å². The van der Waals surface area contributed by atoms with Crippen molar-refractivity contribution in [3.8, 4) is 12.3 Å². The van der Waals surface area contributed by atoms with E-state index in [1.165, 1.54) is 24.8 Å². The lowest BCUT2D eigenvalue weighted by atomic mass is 9.86. The molecule has 0 aliphatic heterocycles. The molecule has 1 nitrogen and oxygen atoms in total. The molecule has 1 aliphatic rings. The molecular formula is C13H21N. The minimum atomic E-state index is 0.507. The number of hydrogen-bond acceptors (Lipinski definition) is 1. The van der Waals surface area contributed by atoms with Gasteiger partial charge in [-0.05, 0) is 33.1 Å². The first-order valence-corrected chi connectivity index (χ1v) is 5.55. The van der Waals surface area contributed by atoms with E-state index < -0.39 is 0 Å². The monoisotopic (exact) mass is 191 g/mol. The van der Waals surface area contributed by atoms with E-state index in [4.69, 9.17) is 6.42 Å². The molecule has 0 bridgehead atoms. The van der Waals surface area contributed by atoms with Gasteiger partial charge in [-0.2, -0.15) is 0 Å². The maximum absolute atomic E-state index is 5.45. The van der Waals surface area contributed by atoms with Crippen molar-refractivity contribution in [2.24, 2.45) is 5.92 Å². The van der Waals surface area contributed by atoms with E-state index in [-0.39, 0.29) is 0 Å². The molecule has 0 saturated heterocycles. The third-order valence-corrected chi connectivity index (χ3v) is 2.83. The summed E-state index contributed by atoms with van der Waals surface area (Å²) in [5.74, 6) is 3.39. The van der Waals surface area contributed by atoms with Crippen LogP contribution in [0.15, 0.2) is 11.6 Å². The Morgan fingerprint density at radius 1 is 1.50 bits per heavy atom. The van der Waals surface area contributed by atoms with Gasteiger partial charge in [-0.3, -0.25) is 0 Å². The first-order valence-electron chi connectivity index (χ1n) is 5.55. The van der Waals surface area contributed by atoms with Crippen LogP contribution in [0, 0.1) is 18.3 Å². The highest BCUT2D eigenvalue weighted by Crippen LogP contribution is 2.23. The molecule has 0 aromatic carbocycles. The predicted molar refractivity (Wildman–Crippen MR) is 62.0 cm³/mol. The van der Waals surface area contributed by atoms with Crippen LogP contribution in [0.4, 0.5) is 0 Å². The molecule has 1 fully saturated rings. The summed E-state index contributed by atoms with van der Waals surface area (Å²) < 4.78 is 0. The van der Waals surface area contributed by atoms with Crippen LogP contribution in [0.5, 0.6) is 0 Å². The molecule has 1 aliphatic carbocycles. The third-order valence-electron chi connectivity index (χ3n) is 2.83. The second-order valence-corrected chi connectivity index (χ2v) is 4.42. The molecule has 0 radical (unpaired) electrons. The van der Waals surface area contributed by atoms with Crippen molar-refractivity contribution in [3.05, 3.63) is 11.6 Å². The summed E-state index contributed by atoms with van der Waals surface area (Å²) in [4.78, 5) is 0. The number of terminal acetylenes is 1. The van der Waals surface area contributed by atoms with Crippen LogP contribution in [-0.4, -0.2) is 12.6 Å². The Morgan fingerprint density at radius 3 is 2.93 bits per heavy atom. The van der Waals surface area contributed by atoms with E-state index >= 15 is 0 Å². The fourth-order valence-electron chi connectivity index (χ4n) is 1.96. The number of hydrogen-bond donors (Lipinski definition) is 1. The van der Waals surface area contributed by atoms with Crippen molar-refractivity contribution in [2.45, 2.75) is 45.6 Å². The van der Waals surface area contributed by atoms with E-state index in [0.29, 0.717) is 12.0 Å². The summed E-state index contributed by atoms with van der Waals surface area (Å²) in [6.07, 6.45) is 12.6. The van der Waals surface area contributed by atoms with Gasteiger partial charge in [0.15, 0.2) is 0 Å². The van der Waals surface area contributed by atoms with Gasteiger partial charge >= 0.3 is 0 Å². The van der Waals surface area contributed by atoms with Gasteiger partial charge in [-0.25, -0.2) is 0 Å². The number of nitrogens with one attached hydrogen (secondary N) is 1. The fourth-order valence-corrected chi connectivity index (χ4v) is 1.96. The quantitative estimate of drug-likeness (QED) is 0.534. The molecule has 1 saturated carbocycles. The second-order valence-electron chi connectivity index (χ2n) is 4.42. The van der Waals surface area contributed by atoms with E-state index in [0.717, 1.165) is 13.0 Å². The molecule has 0 aromatic rings. The number of allylic oxidation sites excluding steroid dienone is 1. The van der Waals surface area contributed by atoms with Crippen molar-refractivity contribution in [1.29, 1.82) is 0 Å². The van der Waals surface area contributed by atoms with Crippen molar-refractivity contribution in [2.75, 3.05) is 6.54 Å².